The molecule has 0 aromatic rings. The quantitative estimate of drug-likeness (QED) is 0.0215. The first kappa shape index (κ1) is 50.5. The summed E-state index contributed by atoms with van der Waals surface area (Å²) < 4.78 is 30.5. The van der Waals surface area contributed by atoms with Crippen molar-refractivity contribution in [2.75, 3.05) is 53.0 Å². The van der Waals surface area contributed by atoms with E-state index < -0.39 is 73.2 Å². The minimum atomic E-state index is -2.93. The maximum absolute atomic E-state index is 14.6. The number of hydrogen-bond acceptors (Lipinski definition) is 16. The van der Waals surface area contributed by atoms with E-state index >= 15 is 0 Å². The number of hydrogen-bond donors (Lipinski definition) is 10. The average Bonchev–Trinajstić information content (AvgIpc) is 3.99. The van der Waals surface area contributed by atoms with E-state index in [2.05, 4.69) is 22.2 Å². The maximum Gasteiger partial charge on any atom is 0.339 e. The Morgan fingerprint density at radius 2 is 1.83 bits per heavy atom. The largest absolute Gasteiger partial charge is 0.478 e. The van der Waals surface area contributed by atoms with Gasteiger partial charge in [-0.05, 0) is 101 Å². The maximum atomic E-state index is 14.6. The lowest BCUT2D eigenvalue weighted by atomic mass is 9.67. The van der Waals surface area contributed by atoms with Crippen LogP contribution in [0.3, 0.4) is 0 Å². The Balaban J connectivity index is 1.36. The highest BCUT2D eigenvalue weighted by atomic mass is 16.8. The van der Waals surface area contributed by atoms with Crippen LogP contribution < -0.4 is 16.4 Å². The van der Waals surface area contributed by atoms with Crippen LogP contribution in [0.5, 0.6) is 0 Å². The van der Waals surface area contributed by atoms with Crippen LogP contribution in [0, 0.1) is 28.6 Å². The van der Waals surface area contributed by atoms with E-state index in [0.29, 0.717) is 29.7 Å². The molecule has 19 heteroatoms. The number of β-amino-alcohol motifs (C(OH)–C–C–N with tert-alkyl or cyclic N) is 1. The first-order valence-corrected chi connectivity index (χ1v) is 23.0. The molecule has 3 aliphatic carbocycles. The van der Waals surface area contributed by atoms with E-state index in [0.717, 1.165) is 25.8 Å². The zero-order chi connectivity index (χ0) is 47.1. The van der Waals surface area contributed by atoms with E-state index in [-0.39, 0.29) is 67.2 Å². The average molecular weight is 918 g/mol. The van der Waals surface area contributed by atoms with Gasteiger partial charge in [0.2, 0.25) is 12.1 Å². The third kappa shape index (κ3) is 11.0. The molecule has 0 aromatic carbocycles. The number of nitrogens with zero attached hydrogens (tertiary/aromatic N) is 2. The molecule has 6 aliphatic rings. The number of allylic oxidation sites excluding steroid dienone is 1. The van der Waals surface area contributed by atoms with Crippen LogP contribution in [0.25, 0.3) is 0 Å². The lowest BCUT2D eigenvalue weighted by Gasteiger charge is -2.48. The molecule has 2 spiro atoms. The molecule has 1 saturated heterocycles. The second-order valence-corrected chi connectivity index (χ2v) is 18.7. The molecule has 0 bridgehead atoms. The molecule has 3 saturated carbocycles. The number of guanidine groups is 1. The minimum Gasteiger partial charge on any atom is -0.478 e. The fourth-order valence-electron chi connectivity index (χ4n) is 11.2. The smallest absolute Gasteiger partial charge is 0.339 e. The van der Waals surface area contributed by atoms with Crippen molar-refractivity contribution in [3.8, 4) is 0 Å². The second kappa shape index (κ2) is 21.8. The van der Waals surface area contributed by atoms with Crippen LogP contribution >= 0.6 is 0 Å². The van der Waals surface area contributed by atoms with Crippen molar-refractivity contribution in [2.24, 2.45) is 39.3 Å². The SMILES string of the molecule is C=C[C@H]1[C@H](O[C@@H]2O[C@H](CO)[C@@H](O)C(O)(O)[C@H]2OC(C)C)OC=C(C(=O)O[C@H]2CC[C@@]3(CCC4(CCCC4)[C@H]3CNC)C2)[C@H]1/C=C/C1=C(NC(N)=NCCCO)C(C(=O)O)=CN(CCO)C1. The minimum absolute atomic E-state index is 0.0524. The van der Waals surface area contributed by atoms with Gasteiger partial charge in [-0.25, -0.2) is 9.59 Å². The van der Waals surface area contributed by atoms with Crippen molar-refractivity contribution in [1.29, 1.82) is 0 Å². The van der Waals surface area contributed by atoms with Crippen LogP contribution in [0.2, 0.25) is 0 Å². The highest BCUT2D eigenvalue weighted by Crippen LogP contribution is 2.66. The van der Waals surface area contributed by atoms with Gasteiger partial charge in [0, 0.05) is 38.4 Å². The number of aliphatic imine (C=N–C) groups is 1. The third-order valence-electron chi connectivity index (χ3n) is 14.3. The van der Waals surface area contributed by atoms with Crippen LogP contribution in [-0.4, -0.2) is 160 Å². The van der Waals surface area contributed by atoms with E-state index in [4.69, 9.17) is 29.4 Å². The van der Waals surface area contributed by atoms with Crippen LogP contribution in [0.15, 0.2) is 64.7 Å². The summed E-state index contributed by atoms with van der Waals surface area (Å²) in [6.07, 6.45) is 8.28. The van der Waals surface area contributed by atoms with Gasteiger partial charge in [0.25, 0.3) is 0 Å². The predicted molar refractivity (Wildman–Crippen MR) is 236 cm³/mol. The van der Waals surface area contributed by atoms with Gasteiger partial charge in [-0.3, -0.25) is 4.99 Å². The van der Waals surface area contributed by atoms with Crippen molar-refractivity contribution >= 4 is 17.9 Å². The van der Waals surface area contributed by atoms with E-state index in [9.17, 15) is 45.3 Å². The number of carbonyl (C=O) groups excluding carboxylic acids is 1. The van der Waals surface area contributed by atoms with Gasteiger partial charge in [0.15, 0.2) is 18.4 Å². The lowest BCUT2D eigenvalue weighted by molar-refractivity contribution is -0.413. The summed E-state index contributed by atoms with van der Waals surface area (Å²) in [6.45, 7) is 7.44. The number of aliphatic carboxylic acids is 1. The summed E-state index contributed by atoms with van der Waals surface area (Å²) in [5.74, 6) is -6.30. The molecule has 364 valence electrons. The topological polar surface area (TPSA) is 288 Å². The van der Waals surface area contributed by atoms with Gasteiger partial charge in [0.05, 0.1) is 48.3 Å². The summed E-state index contributed by atoms with van der Waals surface area (Å²) in [4.78, 5) is 33.1. The Bertz CT molecular complexity index is 1840. The highest BCUT2D eigenvalue weighted by molar-refractivity contribution is 5.95. The van der Waals surface area contributed by atoms with Gasteiger partial charge in [-0.15, -0.1) is 6.58 Å². The summed E-state index contributed by atoms with van der Waals surface area (Å²) in [6, 6.07) is 0. The fourth-order valence-corrected chi connectivity index (χ4v) is 11.2. The standard InChI is InChI=1S/C46H71N5O14/c1-5-30-31(10-9-28-23-51(18-20-53)24-32(39(56)57)36(28)50-43(47)49-17-8-19-52)33(26-61-41(30)65-42-38(62-27(2)3)46(59,60)37(55)34(25-54)64-42)40(58)63-29-11-14-45(21-29)16-15-44(12-6-7-13-44)35(45)22-48-4/h5,9-10,24,26-27,29-31,34-35,37-38,41-42,48,52-55,59-60H,1,6-8,11-23,25H2,2-4H3,(H,56,57)(H3,47,49,50)/b10-9+/t29-,30+,31-,34+,35+,37+,38-,41-,42-,45+/m0/s1. The second-order valence-electron chi connectivity index (χ2n) is 18.7. The normalized spacial score (nSPS) is 33.5. The number of carboxylic acid groups (broad SMARTS) is 1. The third-order valence-corrected chi connectivity index (χ3v) is 14.3. The molecule has 4 fully saturated rings. The number of nitrogens with one attached hydrogen (secondary N) is 2. The van der Waals surface area contributed by atoms with Crippen LogP contribution in [0.4, 0.5) is 0 Å². The van der Waals surface area contributed by atoms with E-state index in [1.807, 2.05) is 7.05 Å². The van der Waals surface area contributed by atoms with Crippen molar-refractivity contribution in [2.45, 2.75) is 127 Å². The molecule has 0 unspecified atom stereocenters. The van der Waals surface area contributed by atoms with Gasteiger partial charge in [-0.2, -0.15) is 0 Å². The number of ether oxygens (including phenoxy) is 5. The molecular formula is C46H71N5O14. The van der Waals surface area contributed by atoms with Gasteiger partial charge >= 0.3 is 11.9 Å². The van der Waals surface area contributed by atoms with E-state index in [1.165, 1.54) is 50.6 Å². The first-order valence-electron chi connectivity index (χ1n) is 23.0. The molecule has 19 nitrogen and oxygen atoms in total. The molecule has 3 heterocycles. The number of rotatable bonds is 19. The van der Waals surface area contributed by atoms with Crippen molar-refractivity contribution in [3.63, 3.8) is 0 Å². The van der Waals surface area contributed by atoms with Crippen LogP contribution in [0.1, 0.15) is 78.1 Å². The summed E-state index contributed by atoms with van der Waals surface area (Å²) in [5.41, 5.74) is 7.01. The monoisotopic (exact) mass is 917 g/mol. The number of nitrogens with two attached hydrogens (primary N) is 1. The van der Waals surface area contributed by atoms with Crippen molar-refractivity contribution in [1.82, 2.24) is 15.5 Å². The molecule has 65 heavy (non-hydrogen) atoms. The lowest BCUT2D eigenvalue weighted by Crippen LogP contribution is -2.69. The molecule has 6 rings (SSSR count). The summed E-state index contributed by atoms with van der Waals surface area (Å²) in [5, 5.41) is 78.8. The van der Waals surface area contributed by atoms with Gasteiger partial charge in [-0.1, -0.05) is 31.1 Å². The molecular weight excluding hydrogens is 847 g/mol. The Hall–Kier alpha value is -3.89. The van der Waals surface area contributed by atoms with Crippen LogP contribution in [-0.2, 0) is 33.3 Å². The molecule has 10 atom stereocenters. The highest BCUT2D eigenvalue weighted by Gasteiger charge is 2.60. The molecule has 11 N–H and O–H groups in total. The van der Waals surface area contributed by atoms with Gasteiger partial charge in [0.1, 0.15) is 18.3 Å². The molecule has 0 aromatic heterocycles. The fraction of sp³-hybridized carbons (Fsp3) is 0.717. The number of carboxylic acids is 1. The molecule has 0 amide bonds. The predicted octanol–water partition coefficient (Wildman–Crippen LogP) is 0.860. The summed E-state index contributed by atoms with van der Waals surface area (Å²) >= 11 is 0. The molecule has 0 radical (unpaired) electrons. The van der Waals surface area contributed by atoms with Crippen molar-refractivity contribution < 1.29 is 69.0 Å². The zero-order valence-corrected chi connectivity index (χ0v) is 37.8. The molecule has 3 aliphatic heterocycles. The van der Waals surface area contributed by atoms with E-state index in [1.54, 1.807) is 30.9 Å². The number of aliphatic hydroxyl groups excluding tert-OH is 4. The summed E-state index contributed by atoms with van der Waals surface area (Å²) in [7, 11) is 2.00. The zero-order valence-electron chi connectivity index (χ0n) is 37.8. The number of aliphatic hydroxyl groups is 6. The van der Waals surface area contributed by atoms with Crippen molar-refractivity contribution in [3.05, 3.63) is 59.7 Å². The number of esters is 1. The first-order chi connectivity index (χ1) is 31.1. The number of carbonyl (C=O) groups is 2. The Morgan fingerprint density at radius 1 is 1.09 bits per heavy atom. The Labute approximate surface area is 380 Å². The van der Waals surface area contributed by atoms with Gasteiger partial charge < -0.3 is 80.7 Å². The Morgan fingerprint density at radius 3 is 2.48 bits per heavy atom. The Kier molecular flexibility index (Phi) is 17.0.